The molecule has 1 fully saturated rings. The molecule has 0 spiro atoms. The van der Waals surface area contributed by atoms with Crippen LogP contribution < -0.4 is 11.5 Å². The molecule has 100 valence electrons. The van der Waals surface area contributed by atoms with E-state index in [2.05, 4.69) is 0 Å². The van der Waals surface area contributed by atoms with Gasteiger partial charge >= 0.3 is 5.97 Å². The van der Waals surface area contributed by atoms with E-state index in [0.717, 1.165) is 38.5 Å². The van der Waals surface area contributed by atoms with Gasteiger partial charge in [-0.1, -0.05) is 12.8 Å². The Hall–Kier alpha value is -0.940. The lowest BCUT2D eigenvalue weighted by molar-refractivity contribution is -0.138. The molecule has 0 aromatic rings. The van der Waals surface area contributed by atoms with Crippen LogP contribution in [0.1, 0.15) is 51.4 Å². The van der Waals surface area contributed by atoms with E-state index in [9.17, 15) is 9.59 Å². The zero-order chi connectivity index (χ0) is 13.1. The van der Waals surface area contributed by atoms with Crippen molar-refractivity contribution in [1.82, 2.24) is 0 Å². The maximum atomic E-state index is 10.5. The van der Waals surface area contributed by atoms with Gasteiger partial charge in [0.05, 0.1) is 0 Å². The predicted octanol–water partition coefficient (Wildman–Crippen LogP) is 1.05. The first-order valence-electron chi connectivity index (χ1n) is 6.28. The second-order valence-corrected chi connectivity index (χ2v) is 4.33. The van der Waals surface area contributed by atoms with Crippen LogP contribution in [0.3, 0.4) is 0 Å². The van der Waals surface area contributed by atoms with E-state index >= 15 is 0 Å². The molecule has 0 aliphatic heterocycles. The highest BCUT2D eigenvalue weighted by Crippen LogP contribution is 2.12. The summed E-state index contributed by atoms with van der Waals surface area (Å²) in [4.78, 5) is 20.6. The topological polar surface area (TPSA) is 106 Å². The minimum atomic E-state index is -0.933. The summed E-state index contributed by atoms with van der Waals surface area (Å²) in [5.74, 6) is -0.469. The van der Waals surface area contributed by atoms with Crippen LogP contribution in [0, 0.1) is 0 Å². The highest BCUT2D eigenvalue weighted by molar-refractivity contribution is 5.78. The Morgan fingerprint density at radius 3 is 2.18 bits per heavy atom. The zero-order valence-electron chi connectivity index (χ0n) is 10.4. The van der Waals surface area contributed by atoms with Gasteiger partial charge in [-0.05, 0) is 32.2 Å². The summed E-state index contributed by atoms with van der Waals surface area (Å²) in [5.41, 5.74) is 10.4. The van der Waals surface area contributed by atoms with Crippen molar-refractivity contribution in [2.75, 3.05) is 6.54 Å². The van der Waals surface area contributed by atoms with E-state index in [1.807, 2.05) is 0 Å². The SMILES string of the molecule is NCCCCC(N)C(=O)O.O=C1CCCCC1. The maximum Gasteiger partial charge on any atom is 0.320 e. The number of carbonyl (C=O) groups excluding carboxylic acids is 1. The van der Waals surface area contributed by atoms with Crippen LogP contribution in [0.5, 0.6) is 0 Å². The van der Waals surface area contributed by atoms with Crippen molar-refractivity contribution in [2.24, 2.45) is 11.5 Å². The van der Waals surface area contributed by atoms with Crippen molar-refractivity contribution < 1.29 is 14.7 Å². The summed E-state index contributed by atoms with van der Waals surface area (Å²) >= 11 is 0. The standard InChI is InChI=1S/C6H14N2O2.C6H10O/c7-4-2-1-3-5(8)6(9)10;7-6-4-2-1-3-5-6/h5H,1-4,7-8H2,(H,9,10);1-5H2. The van der Waals surface area contributed by atoms with Crippen LogP contribution in [0.15, 0.2) is 0 Å². The Morgan fingerprint density at radius 1 is 1.24 bits per heavy atom. The van der Waals surface area contributed by atoms with Crippen LogP contribution in [0.25, 0.3) is 0 Å². The van der Waals surface area contributed by atoms with Crippen molar-refractivity contribution in [2.45, 2.75) is 57.4 Å². The zero-order valence-corrected chi connectivity index (χ0v) is 10.4. The third-order valence-electron chi connectivity index (χ3n) is 2.70. The van der Waals surface area contributed by atoms with Gasteiger partial charge < -0.3 is 16.6 Å². The summed E-state index contributed by atoms with van der Waals surface area (Å²) in [6.07, 6.45) is 7.40. The molecule has 0 heterocycles. The van der Waals surface area contributed by atoms with Crippen LogP contribution >= 0.6 is 0 Å². The minimum Gasteiger partial charge on any atom is -0.480 e. The van der Waals surface area contributed by atoms with Crippen LogP contribution in [-0.4, -0.2) is 29.4 Å². The summed E-state index contributed by atoms with van der Waals surface area (Å²) < 4.78 is 0. The van der Waals surface area contributed by atoms with Crippen LogP contribution in [0.4, 0.5) is 0 Å². The number of ketones is 1. The van der Waals surface area contributed by atoms with Gasteiger partial charge in [0.25, 0.3) is 0 Å². The number of hydrogen-bond acceptors (Lipinski definition) is 4. The van der Waals surface area contributed by atoms with Crippen molar-refractivity contribution in [3.05, 3.63) is 0 Å². The Balaban J connectivity index is 0.000000318. The summed E-state index contributed by atoms with van der Waals surface area (Å²) in [7, 11) is 0. The third-order valence-corrected chi connectivity index (χ3v) is 2.70. The molecule has 1 aliphatic carbocycles. The fraction of sp³-hybridized carbons (Fsp3) is 0.833. The number of rotatable bonds is 5. The molecular weight excluding hydrogens is 220 g/mol. The van der Waals surface area contributed by atoms with Gasteiger partial charge in [0, 0.05) is 12.8 Å². The summed E-state index contributed by atoms with van der Waals surface area (Å²) in [5, 5.41) is 8.33. The quantitative estimate of drug-likeness (QED) is 0.627. The average molecular weight is 244 g/mol. The summed E-state index contributed by atoms with van der Waals surface area (Å²) in [6, 6.07) is -0.716. The molecule has 0 amide bonds. The molecular formula is C12H24N2O3. The second-order valence-electron chi connectivity index (χ2n) is 4.33. The molecule has 0 aromatic carbocycles. The van der Waals surface area contributed by atoms with Gasteiger partial charge in [0.2, 0.25) is 0 Å². The highest BCUT2D eigenvalue weighted by atomic mass is 16.4. The second kappa shape index (κ2) is 10.2. The molecule has 1 atom stereocenters. The largest absolute Gasteiger partial charge is 0.480 e. The first kappa shape index (κ1) is 16.1. The van der Waals surface area contributed by atoms with Gasteiger partial charge in [-0.15, -0.1) is 0 Å². The first-order valence-corrected chi connectivity index (χ1v) is 6.28. The number of carboxylic acids is 1. The van der Waals surface area contributed by atoms with Crippen molar-refractivity contribution in [3.8, 4) is 0 Å². The van der Waals surface area contributed by atoms with E-state index in [1.54, 1.807) is 0 Å². The van der Waals surface area contributed by atoms with E-state index in [-0.39, 0.29) is 0 Å². The van der Waals surface area contributed by atoms with Gasteiger partial charge in [0.1, 0.15) is 11.8 Å². The fourth-order valence-electron chi connectivity index (χ4n) is 1.58. The predicted molar refractivity (Wildman–Crippen MR) is 66.6 cm³/mol. The Morgan fingerprint density at radius 2 is 1.82 bits per heavy atom. The number of carbonyl (C=O) groups is 2. The first-order chi connectivity index (χ1) is 8.07. The van der Waals surface area contributed by atoms with Gasteiger partial charge in [-0.3, -0.25) is 9.59 Å². The minimum absolute atomic E-state index is 0.464. The molecule has 0 radical (unpaired) electrons. The molecule has 5 nitrogen and oxygen atoms in total. The van der Waals surface area contributed by atoms with Crippen molar-refractivity contribution >= 4 is 11.8 Å². The number of carboxylic acid groups (broad SMARTS) is 1. The molecule has 1 unspecified atom stereocenters. The van der Waals surface area contributed by atoms with E-state index in [0.29, 0.717) is 18.7 Å². The van der Waals surface area contributed by atoms with Gasteiger partial charge in [-0.25, -0.2) is 0 Å². The van der Waals surface area contributed by atoms with E-state index in [1.165, 1.54) is 6.42 Å². The molecule has 0 aromatic heterocycles. The lowest BCUT2D eigenvalue weighted by atomic mass is 10.00. The van der Waals surface area contributed by atoms with Gasteiger partial charge in [-0.2, -0.15) is 0 Å². The van der Waals surface area contributed by atoms with Crippen molar-refractivity contribution in [3.63, 3.8) is 0 Å². The Kier molecular flexibility index (Phi) is 9.66. The molecule has 1 saturated carbocycles. The summed E-state index contributed by atoms with van der Waals surface area (Å²) in [6.45, 7) is 0.604. The number of aliphatic carboxylic acids is 1. The number of Topliss-reactive ketones (excluding diaryl/α,β-unsaturated/α-hetero) is 1. The molecule has 5 N–H and O–H groups in total. The number of unbranched alkanes of at least 4 members (excludes halogenated alkanes) is 1. The smallest absolute Gasteiger partial charge is 0.320 e. The molecule has 0 bridgehead atoms. The van der Waals surface area contributed by atoms with Gasteiger partial charge in [0.15, 0.2) is 0 Å². The lowest BCUT2D eigenvalue weighted by Gasteiger charge is -2.05. The average Bonchev–Trinajstić information content (AvgIpc) is 2.31. The maximum absolute atomic E-state index is 10.5. The molecule has 1 aliphatic rings. The molecule has 1 rings (SSSR count). The van der Waals surface area contributed by atoms with Crippen LogP contribution in [-0.2, 0) is 9.59 Å². The van der Waals surface area contributed by atoms with Crippen molar-refractivity contribution in [1.29, 1.82) is 0 Å². The Bertz CT molecular complexity index is 224. The number of hydrogen-bond donors (Lipinski definition) is 3. The normalized spacial score (nSPS) is 16.9. The van der Waals surface area contributed by atoms with E-state index < -0.39 is 12.0 Å². The fourth-order valence-corrected chi connectivity index (χ4v) is 1.58. The van der Waals surface area contributed by atoms with Crippen LogP contribution in [0.2, 0.25) is 0 Å². The third kappa shape index (κ3) is 9.96. The molecule has 0 saturated heterocycles. The number of nitrogens with two attached hydrogens (primary N) is 2. The lowest BCUT2D eigenvalue weighted by Crippen LogP contribution is -2.29. The highest BCUT2D eigenvalue weighted by Gasteiger charge is 2.09. The van der Waals surface area contributed by atoms with E-state index in [4.69, 9.17) is 16.6 Å². The monoisotopic (exact) mass is 244 g/mol. The molecule has 17 heavy (non-hydrogen) atoms. The molecule has 5 heteroatoms. The Labute approximate surface area is 103 Å².